The summed E-state index contributed by atoms with van der Waals surface area (Å²) in [5.74, 6) is 0.395. The third kappa shape index (κ3) is 3.00. The molecule has 3 N–H and O–H groups in total. The Morgan fingerprint density at radius 3 is 2.80 bits per heavy atom. The highest BCUT2D eigenvalue weighted by Crippen LogP contribution is 2.23. The van der Waals surface area contributed by atoms with Gasteiger partial charge in [-0.25, -0.2) is 4.98 Å². The van der Waals surface area contributed by atoms with Crippen LogP contribution in [0.4, 0.5) is 11.4 Å². The summed E-state index contributed by atoms with van der Waals surface area (Å²) in [6, 6.07) is 6.81. The van der Waals surface area contributed by atoms with Gasteiger partial charge in [0.05, 0.1) is 24.6 Å². The molecule has 1 heterocycles. The number of nitrogens with two attached hydrogens (primary N) is 1. The number of rotatable bonds is 3. The third-order valence-electron chi connectivity index (χ3n) is 2.83. The molecule has 0 spiro atoms. The number of carbonyl (C=O) groups excluding carboxylic acids is 1. The summed E-state index contributed by atoms with van der Waals surface area (Å²) in [5.41, 5.74) is 7.86. The number of ether oxygens (including phenoxy) is 1. The van der Waals surface area contributed by atoms with E-state index in [0.717, 1.165) is 11.3 Å². The lowest BCUT2D eigenvalue weighted by atomic mass is 10.1. The molecule has 0 aliphatic carbocycles. The van der Waals surface area contributed by atoms with Gasteiger partial charge in [-0.3, -0.25) is 4.79 Å². The number of anilines is 2. The number of hydrogen-bond acceptors (Lipinski definition) is 4. The Morgan fingerprint density at radius 1 is 1.40 bits per heavy atom. The minimum atomic E-state index is -0.333. The summed E-state index contributed by atoms with van der Waals surface area (Å²) in [7, 11) is 1.59. The third-order valence-corrected chi connectivity index (χ3v) is 3.03. The first-order valence-corrected chi connectivity index (χ1v) is 6.26. The molecule has 5 nitrogen and oxygen atoms in total. The number of nitrogens with zero attached hydrogens (tertiary/aromatic N) is 1. The quantitative estimate of drug-likeness (QED) is 0.853. The number of benzene rings is 1. The van der Waals surface area contributed by atoms with Crippen LogP contribution in [-0.4, -0.2) is 18.0 Å². The molecular formula is C14H14ClN3O2. The fourth-order valence-corrected chi connectivity index (χ4v) is 1.89. The summed E-state index contributed by atoms with van der Waals surface area (Å²) in [6.45, 7) is 1.88. The highest BCUT2D eigenvalue weighted by molar-refractivity contribution is 6.30. The largest absolute Gasteiger partial charge is 0.497 e. The van der Waals surface area contributed by atoms with E-state index in [9.17, 15) is 4.79 Å². The molecule has 2 aromatic rings. The van der Waals surface area contributed by atoms with E-state index in [0.29, 0.717) is 11.3 Å². The Morgan fingerprint density at radius 2 is 2.15 bits per heavy atom. The lowest BCUT2D eigenvalue weighted by Crippen LogP contribution is -2.15. The molecule has 104 valence electrons. The van der Waals surface area contributed by atoms with Gasteiger partial charge in [-0.1, -0.05) is 11.6 Å². The summed E-state index contributed by atoms with van der Waals surface area (Å²) in [4.78, 5) is 16.0. The van der Waals surface area contributed by atoms with Gasteiger partial charge in [-0.2, -0.15) is 0 Å². The van der Waals surface area contributed by atoms with Crippen LogP contribution < -0.4 is 15.8 Å². The standard InChI is InChI=1S/C14H14ClN3O2/c1-8-5-9(20-2)3-4-12(8)18-14(19)10-6-13(15)17-7-11(10)16/h3-7H,16H2,1-2H3,(H,18,19). The second-order valence-electron chi connectivity index (χ2n) is 4.23. The van der Waals surface area contributed by atoms with Gasteiger partial charge in [0, 0.05) is 5.69 Å². The molecule has 1 aromatic carbocycles. The number of amides is 1. The average Bonchev–Trinajstić information content (AvgIpc) is 2.43. The number of nitrogens with one attached hydrogen (secondary N) is 1. The maximum Gasteiger partial charge on any atom is 0.257 e. The number of carbonyl (C=O) groups is 1. The fourth-order valence-electron chi connectivity index (χ4n) is 1.73. The van der Waals surface area contributed by atoms with Crippen LogP contribution in [0.25, 0.3) is 0 Å². The zero-order valence-corrected chi connectivity index (χ0v) is 11.9. The fraction of sp³-hybridized carbons (Fsp3) is 0.143. The van der Waals surface area contributed by atoms with Crippen LogP contribution in [0.1, 0.15) is 15.9 Å². The van der Waals surface area contributed by atoms with E-state index in [4.69, 9.17) is 22.1 Å². The zero-order chi connectivity index (χ0) is 14.7. The van der Waals surface area contributed by atoms with Crippen molar-refractivity contribution in [3.8, 4) is 5.75 Å². The number of aromatic nitrogens is 1. The molecule has 0 unspecified atom stereocenters. The van der Waals surface area contributed by atoms with E-state index in [2.05, 4.69) is 10.3 Å². The molecule has 0 saturated heterocycles. The van der Waals surface area contributed by atoms with E-state index in [1.54, 1.807) is 19.2 Å². The predicted molar refractivity (Wildman–Crippen MR) is 79.3 cm³/mol. The van der Waals surface area contributed by atoms with Crippen LogP contribution in [-0.2, 0) is 0 Å². The monoisotopic (exact) mass is 291 g/mol. The minimum absolute atomic E-state index is 0.218. The predicted octanol–water partition coefficient (Wildman–Crippen LogP) is 2.89. The highest BCUT2D eigenvalue weighted by atomic mass is 35.5. The topological polar surface area (TPSA) is 77.2 Å². The summed E-state index contributed by atoms with van der Waals surface area (Å²) < 4.78 is 5.12. The van der Waals surface area contributed by atoms with E-state index < -0.39 is 0 Å². The van der Waals surface area contributed by atoms with Crippen molar-refractivity contribution in [2.45, 2.75) is 6.92 Å². The first kappa shape index (κ1) is 14.1. The Hall–Kier alpha value is -2.27. The second-order valence-corrected chi connectivity index (χ2v) is 4.62. The van der Waals surface area contributed by atoms with Gasteiger partial charge in [0.1, 0.15) is 10.9 Å². The number of pyridine rings is 1. The van der Waals surface area contributed by atoms with Crippen molar-refractivity contribution in [2.75, 3.05) is 18.2 Å². The number of methoxy groups -OCH3 is 1. The normalized spacial score (nSPS) is 10.2. The van der Waals surface area contributed by atoms with Gasteiger partial charge >= 0.3 is 0 Å². The van der Waals surface area contributed by atoms with Crippen molar-refractivity contribution in [2.24, 2.45) is 0 Å². The summed E-state index contributed by atoms with van der Waals surface area (Å²) in [6.07, 6.45) is 1.36. The summed E-state index contributed by atoms with van der Waals surface area (Å²) in [5, 5.41) is 3.00. The van der Waals surface area contributed by atoms with Crippen molar-refractivity contribution >= 4 is 28.9 Å². The van der Waals surface area contributed by atoms with Crippen LogP contribution in [0.2, 0.25) is 5.15 Å². The maximum absolute atomic E-state index is 12.2. The minimum Gasteiger partial charge on any atom is -0.497 e. The first-order valence-electron chi connectivity index (χ1n) is 5.88. The Kier molecular flexibility index (Phi) is 4.10. The molecule has 1 aromatic heterocycles. The van der Waals surface area contributed by atoms with Crippen LogP contribution in [0.3, 0.4) is 0 Å². The number of hydrogen-bond donors (Lipinski definition) is 2. The van der Waals surface area contributed by atoms with Gasteiger partial charge in [-0.05, 0) is 36.8 Å². The Bertz CT molecular complexity index is 659. The van der Waals surface area contributed by atoms with E-state index >= 15 is 0 Å². The van der Waals surface area contributed by atoms with Crippen LogP contribution >= 0.6 is 11.6 Å². The van der Waals surface area contributed by atoms with Crippen molar-refractivity contribution in [3.05, 3.63) is 46.7 Å². The van der Waals surface area contributed by atoms with E-state index in [1.807, 2.05) is 13.0 Å². The molecule has 0 atom stereocenters. The number of halogens is 1. The molecular weight excluding hydrogens is 278 g/mol. The number of nitrogen functional groups attached to an aromatic ring is 1. The van der Waals surface area contributed by atoms with E-state index in [1.165, 1.54) is 12.3 Å². The van der Waals surface area contributed by atoms with E-state index in [-0.39, 0.29) is 16.7 Å². The van der Waals surface area contributed by atoms with Gasteiger partial charge in [0.2, 0.25) is 0 Å². The van der Waals surface area contributed by atoms with Gasteiger partial charge in [0.25, 0.3) is 5.91 Å². The smallest absolute Gasteiger partial charge is 0.257 e. The van der Waals surface area contributed by atoms with Crippen LogP contribution in [0.15, 0.2) is 30.5 Å². The molecule has 20 heavy (non-hydrogen) atoms. The number of aryl methyl sites for hydroxylation is 1. The van der Waals surface area contributed by atoms with Crippen molar-refractivity contribution < 1.29 is 9.53 Å². The SMILES string of the molecule is COc1ccc(NC(=O)c2cc(Cl)ncc2N)c(C)c1. The molecule has 0 radical (unpaired) electrons. The molecule has 0 bridgehead atoms. The van der Waals surface area contributed by atoms with Crippen molar-refractivity contribution in [3.63, 3.8) is 0 Å². The lowest BCUT2D eigenvalue weighted by Gasteiger charge is -2.11. The Labute approximate surface area is 121 Å². The second kappa shape index (κ2) is 5.79. The molecule has 0 fully saturated rings. The van der Waals surface area contributed by atoms with Gasteiger partial charge < -0.3 is 15.8 Å². The average molecular weight is 292 g/mol. The van der Waals surface area contributed by atoms with Gasteiger partial charge in [-0.15, -0.1) is 0 Å². The summed E-state index contributed by atoms with van der Waals surface area (Å²) >= 11 is 5.77. The molecule has 0 saturated carbocycles. The molecule has 2 rings (SSSR count). The highest BCUT2D eigenvalue weighted by Gasteiger charge is 2.12. The maximum atomic E-state index is 12.2. The Balaban J connectivity index is 2.25. The zero-order valence-electron chi connectivity index (χ0n) is 11.1. The van der Waals surface area contributed by atoms with Crippen molar-refractivity contribution in [1.82, 2.24) is 4.98 Å². The molecule has 6 heteroatoms. The molecule has 0 aliphatic heterocycles. The van der Waals surface area contributed by atoms with Crippen LogP contribution in [0, 0.1) is 6.92 Å². The lowest BCUT2D eigenvalue weighted by molar-refractivity contribution is 0.102. The van der Waals surface area contributed by atoms with Crippen LogP contribution in [0.5, 0.6) is 5.75 Å². The van der Waals surface area contributed by atoms with Gasteiger partial charge in [0.15, 0.2) is 0 Å². The molecule has 1 amide bonds. The molecule has 0 aliphatic rings. The first-order chi connectivity index (χ1) is 9.51. The van der Waals surface area contributed by atoms with Crippen molar-refractivity contribution in [1.29, 1.82) is 0 Å².